The van der Waals surface area contributed by atoms with Gasteiger partial charge >= 0.3 is 0 Å². The first-order chi connectivity index (χ1) is 11.8. The summed E-state index contributed by atoms with van der Waals surface area (Å²) in [6.07, 6.45) is 3.61. The Morgan fingerprint density at radius 1 is 1.08 bits per heavy atom. The van der Waals surface area contributed by atoms with Gasteiger partial charge in [0.1, 0.15) is 0 Å². The van der Waals surface area contributed by atoms with Crippen molar-refractivity contribution >= 4 is 16.9 Å². The molecule has 1 N–H and O–H groups in total. The Balaban J connectivity index is 1.72. The monoisotopic (exact) mass is 316 g/mol. The molecule has 0 atom stereocenters. The second kappa shape index (κ2) is 6.22. The lowest BCUT2D eigenvalue weighted by atomic mass is 10.1. The fourth-order valence-electron chi connectivity index (χ4n) is 2.87. The van der Waals surface area contributed by atoms with E-state index in [0.717, 1.165) is 54.3 Å². The number of hydrogen-bond donors (Lipinski definition) is 1. The lowest BCUT2D eigenvalue weighted by molar-refractivity contribution is 0.580. The number of nitriles is 1. The summed E-state index contributed by atoms with van der Waals surface area (Å²) in [5, 5.41) is 13.3. The van der Waals surface area contributed by atoms with E-state index >= 15 is 0 Å². The number of piperazine rings is 1. The molecule has 0 saturated carbocycles. The van der Waals surface area contributed by atoms with E-state index in [1.165, 1.54) is 0 Å². The van der Waals surface area contributed by atoms with E-state index in [1.54, 1.807) is 12.3 Å². The molecule has 1 fully saturated rings. The minimum absolute atomic E-state index is 0.630. The number of fused-ring (bicyclic) bond motifs is 1. The second-order valence-electron chi connectivity index (χ2n) is 5.72. The fraction of sp³-hybridized carbons (Fsp3) is 0.222. The molecule has 2 aromatic heterocycles. The summed E-state index contributed by atoms with van der Waals surface area (Å²) in [6, 6.07) is 11.6. The molecule has 24 heavy (non-hydrogen) atoms. The Morgan fingerprint density at radius 3 is 2.79 bits per heavy atom. The van der Waals surface area contributed by atoms with Gasteiger partial charge in [0, 0.05) is 49.5 Å². The number of hydrogen-bond acceptors (Lipinski definition) is 6. The van der Waals surface area contributed by atoms with Gasteiger partial charge in [-0.2, -0.15) is 5.26 Å². The number of nitrogens with one attached hydrogen (secondary N) is 1. The van der Waals surface area contributed by atoms with E-state index in [-0.39, 0.29) is 0 Å². The van der Waals surface area contributed by atoms with Gasteiger partial charge in [-0.05, 0) is 30.3 Å². The Hall–Kier alpha value is -3.04. The zero-order chi connectivity index (χ0) is 16.4. The maximum Gasteiger partial charge on any atom is 0.225 e. The van der Waals surface area contributed by atoms with Crippen LogP contribution >= 0.6 is 0 Å². The fourth-order valence-corrected chi connectivity index (χ4v) is 2.87. The maximum atomic E-state index is 9.06. The van der Waals surface area contributed by atoms with Crippen LogP contribution in [0.3, 0.4) is 0 Å². The maximum absolute atomic E-state index is 9.06. The van der Waals surface area contributed by atoms with Crippen LogP contribution in [-0.4, -0.2) is 41.1 Å². The van der Waals surface area contributed by atoms with Crippen LogP contribution < -0.4 is 10.2 Å². The molecule has 1 aromatic carbocycles. The van der Waals surface area contributed by atoms with Gasteiger partial charge in [0.05, 0.1) is 22.8 Å². The molecule has 0 spiro atoms. The van der Waals surface area contributed by atoms with Crippen LogP contribution in [0.25, 0.3) is 22.2 Å². The van der Waals surface area contributed by atoms with Crippen molar-refractivity contribution in [2.75, 3.05) is 31.1 Å². The first-order valence-corrected chi connectivity index (χ1v) is 7.92. The van der Waals surface area contributed by atoms with Gasteiger partial charge in [-0.25, -0.2) is 9.97 Å². The molecule has 118 valence electrons. The average molecular weight is 316 g/mol. The highest BCUT2D eigenvalue weighted by atomic mass is 15.3. The van der Waals surface area contributed by atoms with E-state index in [0.29, 0.717) is 5.56 Å². The number of rotatable bonds is 2. The van der Waals surface area contributed by atoms with E-state index in [2.05, 4.69) is 26.3 Å². The van der Waals surface area contributed by atoms with Crippen molar-refractivity contribution in [3.05, 3.63) is 48.3 Å². The second-order valence-corrected chi connectivity index (χ2v) is 5.72. The zero-order valence-electron chi connectivity index (χ0n) is 13.1. The molecule has 1 aliphatic heterocycles. The van der Waals surface area contributed by atoms with Crippen LogP contribution in [0.2, 0.25) is 0 Å². The Labute approximate surface area is 139 Å². The van der Waals surface area contributed by atoms with Crippen molar-refractivity contribution in [3.8, 4) is 17.3 Å². The molecular weight excluding hydrogens is 300 g/mol. The molecule has 3 heterocycles. The molecule has 0 bridgehead atoms. The molecule has 0 aliphatic carbocycles. The highest BCUT2D eigenvalue weighted by Gasteiger charge is 2.14. The van der Waals surface area contributed by atoms with Gasteiger partial charge in [0.2, 0.25) is 5.95 Å². The molecular formula is C18H16N6. The quantitative estimate of drug-likeness (QED) is 0.779. The van der Waals surface area contributed by atoms with Crippen molar-refractivity contribution in [2.45, 2.75) is 0 Å². The number of pyridine rings is 1. The molecule has 6 heteroatoms. The van der Waals surface area contributed by atoms with Crippen LogP contribution in [0.5, 0.6) is 0 Å². The van der Waals surface area contributed by atoms with Crippen molar-refractivity contribution < 1.29 is 0 Å². The summed E-state index contributed by atoms with van der Waals surface area (Å²) in [5.74, 6) is 0.750. The molecule has 3 aromatic rings. The predicted molar refractivity (Wildman–Crippen MR) is 92.6 cm³/mol. The third-order valence-electron chi connectivity index (χ3n) is 4.15. The molecule has 0 radical (unpaired) electrons. The molecule has 4 rings (SSSR count). The summed E-state index contributed by atoms with van der Waals surface area (Å²) in [7, 11) is 0. The van der Waals surface area contributed by atoms with E-state index in [9.17, 15) is 0 Å². The first kappa shape index (κ1) is 14.5. The van der Waals surface area contributed by atoms with Gasteiger partial charge in [-0.15, -0.1) is 0 Å². The molecule has 1 aliphatic rings. The number of nitrogens with zero attached hydrogens (tertiary/aromatic N) is 5. The van der Waals surface area contributed by atoms with Gasteiger partial charge in [0.15, 0.2) is 0 Å². The van der Waals surface area contributed by atoms with Gasteiger partial charge in [-0.3, -0.25) is 4.98 Å². The highest BCUT2D eigenvalue weighted by molar-refractivity contribution is 5.84. The first-order valence-electron chi connectivity index (χ1n) is 7.92. The summed E-state index contributed by atoms with van der Waals surface area (Å²) in [4.78, 5) is 15.8. The van der Waals surface area contributed by atoms with Crippen molar-refractivity contribution in [3.63, 3.8) is 0 Å². The summed E-state index contributed by atoms with van der Waals surface area (Å²) >= 11 is 0. The van der Waals surface area contributed by atoms with Crippen LogP contribution in [0.15, 0.2) is 42.7 Å². The third-order valence-corrected chi connectivity index (χ3v) is 4.15. The Kier molecular flexibility index (Phi) is 3.77. The normalized spacial score (nSPS) is 14.5. The molecule has 6 nitrogen and oxygen atoms in total. The summed E-state index contributed by atoms with van der Waals surface area (Å²) in [5.41, 5.74) is 3.27. The van der Waals surface area contributed by atoms with Gasteiger partial charge in [0.25, 0.3) is 0 Å². The average Bonchev–Trinajstić information content (AvgIpc) is 2.68. The van der Waals surface area contributed by atoms with E-state index in [1.807, 2.05) is 30.5 Å². The molecule has 0 amide bonds. The van der Waals surface area contributed by atoms with Crippen LogP contribution in [0.4, 0.5) is 5.95 Å². The number of anilines is 1. The zero-order valence-corrected chi connectivity index (χ0v) is 13.1. The third kappa shape index (κ3) is 2.77. The Bertz CT molecular complexity index is 924. The van der Waals surface area contributed by atoms with Gasteiger partial charge in [-0.1, -0.05) is 0 Å². The minimum Gasteiger partial charge on any atom is -0.338 e. The topological polar surface area (TPSA) is 77.7 Å². The van der Waals surface area contributed by atoms with E-state index in [4.69, 9.17) is 10.2 Å². The lowest BCUT2D eigenvalue weighted by Crippen LogP contribution is -2.44. The number of aromatic nitrogens is 3. The standard InChI is InChI=1S/C18H16N6/c19-11-13-1-2-16-14(9-13)10-15(12-22-16)17-3-4-21-18(23-17)24-7-5-20-6-8-24/h1-4,9-10,12,20H,5-8H2. The SMILES string of the molecule is N#Cc1ccc2ncc(-c3ccnc(N4CCNCC4)n3)cc2c1. The minimum atomic E-state index is 0.630. The molecule has 1 saturated heterocycles. The number of benzene rings is 1. The van der Waals surface area contributed by atoms with Crippen LogP contribution in [0.1, 0.15) is 5.56 Å². The van der Waals surface area contributed by atoms with Crippen molar-refractivity contribution in [1.82, 2.24) is 20.3 Å². The van der Waals surface area contributed by atoms with Crippen molar-refractivity contribution in [1.29, 1.82) is 5.26 Å². The van der Waals surface area contributed by atoms with Crippen molar-refractivity contribution in [2.24, 2.45) is 0 Å². The predicted octanol–water partition coefficient (Wildman–Crippen LogP) is 1.97. The van der Waals surface area contributed by atoms with Crippen LogP contribution in [0, 0.1) is 11.3 Å². The summed E-state index contributed by atoms with van der Waals surface area (Å²) < 4.78 is 0. The Morgan fingerprint density at radius 2 is 1.96 bits per heavy atom. The van der Waals surface area contributed by atoms with E-state index < -0.39 is 0 Å². The summed E-state index contributed by atoms with van der Waals surface area (Å²) in [6.45, 7) is 3.71. The van der Waals surface area contributed by atoms with Crippen LogP contribution in [-0.2, 0) is 0 Å². The van der Waals surface area contributed by atoms with Gasteiger partial charge < -0.3 is 10.2 Å². The largest absolute Gasteiger partial charge is 0.338 e. The highest BCUT2D eigenvalue weighted by Crippen LogP contribution is 2.23. The lowest BCUT2D eigenvalue weighted by Gasteiger charge is -2.27. The smallest absolute Gasteiger partial charge is 0.225 e. The molecule has 0 unspecified atom stereocenters.